The summed E-state index contributed by atoms with van der Waals surface area (Å²) in [5.74, 6) is -2.03. The van der Waals surface area contributed by atoms with Gasteiger partial charge in [0.05, 0.1) is 34.4 Å². The van der Waals surface area contributed by atoms with Crippen molar-refractivity contribution in [3.63, 3.8) is 0 Å². The van der Waals surface area contributed by atoms with Gasteiger partial charge in [-0.15, -0.1) is 0 Å². The second kappa shape index (κ2) is 42.0. The van der Waals surface area contributed by atoms with E-state index >= 15 is 0 Å². The van der Waals surface area contributed by atoms with Gasteiger partial charge in [0.1, 0.15) is 13.2 Å². The lowest BCUT2D eigenvalue weighted by atomic mass is 10.1. The Labute approximate surface area is 362 Å². The van der Waals surface area contributed by atoms with Crippen LogP contribution in [0.3, 0.4) is 0 Å². The molecule has 0 rings (SSSR count). The molecule has 9 heteroatoms. The predicted molar refractivity (Wildman–Crippen MR) is 244 cm³/mol. The van der Waals surface area contributed by atoms with Crippen molar-refractivity contribution in [2.75, 3.05) is 47.5 Å². The summed E-state index contributed by atoms with van der Waals surface area (Å²) in [4.78, 5) is 37.2. The highest BCUT2D eigenvalue weighted by molar-refractivity contribution is 5.71. The molecule has 9 nitrogen and oxygen atoms in total. The van der Waals surface area contributed by atoms with Crippen LogP contribution >= 0.6 is 0 Å². The normalized spacial score (nSPS) is 13.3. The topological polar surface area (TPSA) is 108 Å². The predicted octanol–water partition coefficient (Wildman–Crippen LogP) is 12.8. The molecule has 0 heterocycles. The van der Waals surface area contributed by atoms with E-state index in [-0.39, 0.29) is 32.2 Å². The molecule has 342 valence electrons. The molecule has 0 aromatic carbocycles. The molecule has 0 aliphatic rings. The number of unbranched alkanes of at least 4 members (excludes halogenated alkanes) is 20. The van der Waals surface area contributed by atoms with Crippen LogP contribution in [0, 0.1) is 0 Å². The number of carboxylic acids is 1. The van der Waals surface area contributed by atoms with E-state index < -0.39 is 24.3 Å². The number of hydrogen-bond donors (Lipinski definition) is 1. The number of esters is 2. The SMILES string of the molecule is CCCCC/C=C\C/C=C\CCCCCCCCCC(=O)OCC(COC(OCC[N+](C)(C)C)C(=O)O)OC(=O)CCCCCCCCC/C=C\C/C=C\CCCCC. The summed E-state index contributed by atoms with van der Waals surface area (Å²) in [6.45, 7) is 4.80. The van der Waals surface area contributed by atoms with Crippen molar-refractivity contribution in [3.8, 4) is 0 Å². The van der Waals surface area contributed by atoms with E-state index in [4.69, 9.17) is 18.9 Å². The fraction of sp³-hybridized carbons (Fsp3) is 0.780. The Balaban J connectivity index is 4.43. The second-order valence-electron chi connectivity index (χ2n) is 17.1. The minimum Gasteiger partial charge on any atom is -0.477 e. The van der Waals surface area contributed by atoms with Crippen molar-refractivity contribution in [2.24, 2.45) is 0 Å². The van der Waals surface area contributed by atoms with Crippen molar-refractivity contribution >= 4 is 17.9 Å². The van der Waals surface area contributed by atoms with E-state index in [0.29, 0.717) is 23.9 Å². The molecule has 0 bridgehead atoms. The van der Waals surface area contributed by atoms with Gasteiger partial charge in [-0.25, -0.2) is 4.79 Å². The van der Waals surface area contributed by atoms with E-state index in [1.807, 2.05) is 21.1 Å². The number of aliphatic carboxylic acids is 1. The van der Waals surface area contributed by atoms with Crippen LogP contribution in [0.1, 0.15) is 194 Å². The minimum atomic E-state index is -1.51. The van der Waals surface area contributed by atoms with Gasteiger partial charge in [-0.3, -0.25) is 9.59 Å². The lowest BCUT2D eigenvalue weighted by Crippen LogP contribution is -2.40. The van der Waals surface area contributed by atoms with Crippen LogP contribution in [0.4, 0.5) is 0 Å². The number of likely N-dealkylation sites (N-methyl/N-ethyl adjacent to an activating group) is 1. The van der Waals surface area contributed by atoms with Gasteiger partial charge < -0.3 is 28.5 Å². The van der Waals surface area contributed by atoms with Gasteiger partial charge in [0.15, 0.2) is 6.10 Å². The summed E-state index contributed by atoms with van der Waals surface area (Å²) in [7, 11) is 5.95. The minimum absolute atomic E-state index is 0.183. The molecule has 0 aromatic heterocycles. The monoisotopic (exact) mass is 833 g/mol. The molecular formula is C50H90NO8+. The summed E-state index contributed by atoms with van der Waals surface area (Å²) in [6.07, 6.45) is 45.9. The zero-order valence-electron chi connectivity index (χ0n) is 38.7. The van der Waals surface area contributed by atoms with E-state index in [1.54, 1.807) is 0 Å². The van der Waals surface area contributed by atoms with Crippen molar-refractivity contribution < 1.29 is 42.9 Å². The molecule has 0 amide bonds. The van der Waals surface area contributed by atoms with Crippen LogP contribution in [-0.4, -0.2) is 87.4 Å². The van der Waals surface area contributed by atoms with Crippen LogP contribution in [0.25, 0.3) is 0 Å². The fourth-order valence-electron chi connectivity index (χ4n) is 6.31. The van der Waals surface area contributed by atoms with Gasteiger partial charge >= 0.3 is 17.9 Å². The number of carbonyl (C=O) groups is 3. The number of nitrogens with zero attached hydrogens (tertiary/aromatic N) is 1. The summed E-state index contributed by atoms with van der Waals surface area (Å²) in [5, 5.41) is 9.65. The van der Waals surface area contributed by atoms with Gasteiger partial charge in [-0.05, 0) is 77.0 Å². The number of ether oxygens (including phenoxy) is 4. The molecule has 0 aliphatic heterocycles. The molecule has 59 heavy (non-hydrogen) atoms. The Bertz CT molecular complexity index is 1110. The zero-order chi connectivity index (χ0) is 43.5. The summed E-state index contributed by atoms with van der Waals surface area (Å²) in [5.41, 5.74) is 0. The number of allylic oxidation sites excluding steroid dienone is 8. The van der Waals surface area contributed by atoms with E-state index in [2.05, 4.69) is 62.5 Å². The third kappa shape index (κ3) is 43.2. The molecule has 0 spiro atoms. The molecule has 0 saturated heterocycles. The maximum atomic E-state index is 12.8. The van der Waals surface area contributed by atoms with Crippen LogP contribution in [0.2, 0.25) is 0 Å². The molecule has 0 aromatic rings. The van der Waals surface area contributed by atoms with E-state index in [9.17, 15) is 19.5 Å². The molecular weight excluding hydrogens is 743 g/mol. The molecule has 0 radical (unpaired) electrons. The second-order valence-corrected chi connectivity index (χ2v) is 17.1. The smallest absolute Gasteiger partial charge is 0.361 e. The van der Waals surface area contributed by atoms with Gasteiger partial charge in [-0.1, -0.05) is 152 Å². The Kier molecular flexibility index (Phi) is 40.0. The molecule has 2 atom stereocenters. The summed E-state index contributed by atoms with van der Waals surface area (Å²) < 4.78 is 22.8. The Morgan fingerprint density at radius 2 is 0.915 bits per heavy atom. The lowest BCUT2D eigenvalue weighted by molar-refractivity contribution is -0.870. The average Bonchev–Trinajstić information content (AvgIpc) is 3.19. The number of hydrogen-bond acceptors (Lipinski definition) is 7. The van der Waals surface area contributed by atoms with E-state index in [1.165, 1.54) is 89.9 Å². The first kappa shape index (κ1) is 56.2. The maximum absolute atomic E-state index is 12.8. The highest BCUT2D eigenvalue weighted by atomic mass is 16.7. The third-order valence-electron chi connectivity index (χ3n) is 10.1. The first-order valence-corrected chi connectivity index (χ1v) is 23.8. The van der Waals surface area contributed by atoms with Gasteiger partial charge in [0, 0.05) is 12.8 Å². The number of quaternary nitrogens is 1. The Morgan fingerprint density at radius 1 is 0.508 bits per heavy atom. The van der Waals surface area contributed by atoms with Gasteiger partial charge in [0.2, 0.25) is 0 Å². The quantitative estimate of drug-likeness (QED) is 0.0213. The third-order valence-corrected chi connectivity index (χ3v) is 10.1. The highest BCUT2D eigenvalue weighted by Gasteiger charge is 2.25. The average molecular weight is 833 g/mol. The number of carbonyl (C=O) groups excluding carboxylic acids is 2. The maximum Gasteiger partial charge on any atom is 0.361 e. The first-order chi connectivity index (χ1) is 28.6. The molecule has 0 saturated carbocycles. The molecule has 1 N–H and O–H groups in total. The van der Waals surface area contributed by atoms with Crippen LogP contribution < -0.4 is 0 Å². The van der Waals surface area contributed by atoms with Crippen molar-refractivity contribution in [3.05, 3.63) is 48.6 Å². The fourth-order valence-corrected chi connectivity index (χ4v) is 6.31. The largest absolute Gasteiger partial charge is 0.477 e. The van der Waals surface area contributed by atoms with Crippen LogP contribution in [0.5, 0.6) is 0 Å². The van der Waals surface area contributed by atoms with Gasteiger partial charge in [-0.2, -0.15) is 0 Å². The van der Waals surface area contributed by atoms with Crippen molar-refractivity contribution in [2.45, 2.75) is 206 Å². The van der Waals surface area contributed by atoms with Crippen LogP contribution in [0.15, 0.2) is 48.6 Å². The van der Waals surface area contributed by atoms with Crippen molar-refractivity contribution in [1.29, 1.82) is 0 Å². The Hall–Kier alpha value is -2.75. The lowest BCUT2D eigenvalue weighted by Gasteiger charge is -2.25. The number of carboxylic acid groups (broad SMARTS) is 1. The van der Waals surface area contributed by atoms with E-state index in [0.717, 1.165) is 70.6 Å². The number of rotatable bonds is 43. The molecule has 0 aliphatic carbocycles. The summed E-state index contributed by atoms with van der Waals surface area (Å²) in [6, 6.07) is 0. The summed E-state index contributed by atoms with van der Waals surface area (Å²) >= 11 is 0. The van der Waals surface area contributed by atoms with Crippen LogP contribution in [-0.2, 0) is 33.3 Å². The van der Waals surface area contributed by atoms with Crippen molar-refractivity contribution in [1.82, 2.24) is 0 Å². The first-order valence-electron chi connectivity index (χ1n) is 23.8. The zero-order valence-corrected chi connectivity index (χ0v) is 38.7. The molecule has 0 fully saturated rings. The Morgan fingerprint density at radius 3 is 1.34 bits per heavy atom. The highest BCUT2D eigenvalue weighted by Crippen LogP contribution is 2.14. The standard InChI is InChI=1S/C50H89NO8/c1-6-8-10-12-14-16-18-20-22-24-26-28-30-32-34-36-38-40-47(52)57-44-46(45-58-50(49(54)55)56-43-42-51(3,4)5)59-48(53)41-39-37-35-33-31-29-27-25-23-21-19-17-15-13-11-9-7-2/h14-17,20-23,46,50H,6-13,18-19,24-45H2,1-5H3/p+1/b16-14-,17-15-,22-20-,23-21-. The molecule has 2 unspecified atom stereocenters. The van der Waals surface area contributed by atoms with Gasteiger partial charge in [0.25, 0.3) is 6.29 Å².